The third kappa shape index (κ3) is 7.50. The van der Waals surface area contributed by atoms with E-state index in [1.54, 1.807) is 12.1 Å². The van der Waals surface area contributed by atoms with Gasteiger partial charge >= 0.3 is 0 Å². The highest BCUT2D eigenvalue weighted by molar-refractivity contribution is 6.31. The Labute approximate surface area is 176 Å². The number of likely N-dealkylation sites (N-methyl/N-ethyl adjacent to an activating group) is 1. The molecule has 28 heavy (non-hydrogen) atoms. The Kier molecular flexibility index (Phi) is 8.77. The number of hydrogen-bond donors (Lipinski definition) is 3. The average molecular weight is 423 g/mol. The van der Waals surface area contributed by atoms with Gasteiger partial charge in [0.25, 0.3) is 11.8 Å². The van der Waals surface area contributed by atoms with Gasteiger partial charge in [0, 0.05) is 22.3 Å². The Bertz CT molecular complexity index is 827. The van der Waals surface area contributed by atoms with E-state index >= 15 is 0 Å². The van der Waals surface area contributed by atoms with E-state index in [9.17, 15) is 9.59 Å². The van der Waals surface area contributed by atoms with Crippen LogP contribution in [0.25, 0.3) is 0 Å². The normalized spacial score (nSPS) is 11.7. The second-order valence-corrected chi connectivity index (χ2v) is 7.57. The van der Waals surface area contributed by atoms with Crippen molar-refractivity contribution in [1.29, 1.82) is 0 Å². The van der Waals surface area contributed by atoms with Crippen molar-refractivity contribution in [2.24, 2.45) is 0 Å². The van der Waals surface area contributed by atoms with Gasteiger partial charge in [-0.1, -0.05) is 41.4 Å². The molecule has 0 aliphatic heterocycles. The Balaban J connectivity index is 1.78. The number of rotatable bonds is 9. The molecule has 2 amide bonds. The minimum atomic E-state index is -0.144. The van der Waals surface area contributed by atoms with E-state index in [4.69, 9.17) is 23.2 Å². The van der Waals surface area contributed by atoms with Crippen LogP contribution in [0.1, 0.15) is 18.1 Å². The van der Waals surface area contributed by atoms with Crippen molar-refractivity contribution < 1.29 is 14.5 Å². The third-order valence-corrected chi connectivity index (χ3v) is 4.89. The highest BCUT2D eigenvalue weighted by Crippen LogP contribution is 2.19. The Morgan fingerprint density at radius 2 is 1.71 bits per heavy atom. The molecular formula is C21H26Cl2N3O2+. The van der Waals surface area contributed by atoms with Crippen LogP contribution in [0.15, 0.2) is 42.5 Å². The van der Waals surface area contributed by atoms with Crippen molar-refractivity contribution >= 4 is 40.7 Å². The summed E-state index contributed by atoms with van der Waals surface area (Å²) >= 11 is 11.9. The van der Waals surface area contributed by atoms with Gasteiger partial charge in [0.2, 0.25) is 0 Å². The standard InChI is InChI=1S/C21H25Cl2N3O2/c1-3-26(14-21(28)25-19-12-18(23)8-7-15(19)2)13-20(27)24-10-9-16-5-4-6-17(22)11-16/h4-8,11-12H,3,9-10,13-14H2,1-2H3,(H,24,27)(H,25,28)/p+1. The van der Waals surface area contributed by atoms with Crippen LogP contribution < -0.4 is 15.5 Å². The molecule has 0 aliphatic rings. The highest BCUT2D eigenvalue weighted by atomic mass is 35.5. The number of amides is 2. The van der Waals surface area contributed by atoms with Crippen LogP contribution in [0.4, 0.5) is 5.69 Å². The topological polar surface area (TPSA) is 62.6 Å². The second-order valence-electron chi connectivity index (χ2n) is 6.69. The van der Waals surface area contributed by atoms with Crippen LogP contribution in [0, 0.1) is 6.92 Å². The summed E-state index contributed by atoms with van der Waals surface area (Å²) < 4.78 is 0. The molecular weight excluding hydrogens is 397 g/mol. The molecule has 3 N–H and O–H groups in total. The molecule has 7 heteroatoms. The van der Waals surface area contributed by atoms with Crippen molar-refractivity contribution in [3.63, 3.8) is 0 Å². The van der Waals surface area contributed by atoms with Crippen LogP contribution in [-0.2, 0) is 16.0 Å². The zero-order chi connectivity index (χ0) is 20.5. The zero-order valence-corrected chi connectivity index (χ0v) is 17.7. The summed E-state index contributed by atoms with van der Waals surface area (Å²) in [5, 5.41) is 7.03. The molecule has 0 aliphatic carbocycles. The van der Waals surface area contributed by atoms with Gasteiger partial charge in [-0.25, -0.2) is 0 Å². The molecule has 0 saturated heterocycles. The van der Waals surface area contributed by atoms with Crippen molar-refractivity contribution in [2.45, 2.75) is 20.3 Å². The molecule has 2 rings (SSSR count). The number of nitrogens with one attached hydrogen (secondary N) is 3. The zero-order valence-electron chi connectivity index (χ0n) is 16.1. The maximum absolute atomic E-state index is 12.3. The third-order valence-electron chi connectivity index (χ3n) is 4.42. The minimum Gasteiger partial charge on any atom is -0.351 e. The predicted molar refractivity (Wildman–Crippen MR) is 114 cm³/mol. The van der Waals surface area contributed by atoms with Gasteiger partial charge in [-0.2, -0.15) is 0 Å². The maximum atomic E-state index is 12.3. The first kappa shape index (κ1) is 22.2. The summed E-state index contributed by atoms with van der Waals surface area (Å²) in [6, 6.07) is 12.9. The molecule has 150 valence electrons. The van der Waals surface area contributed by atoms with E-state index in [-0.39, 0.29) is 24.9 Å². The highest BCUT2D eigenvalue weighted by Gasteiger charge is 2.17. The van der Waals surface area contributed by atoms with Gasteiger partial charge < -0.3 is 15.5 Å². The van der Waals surface area contributed by atoms with E-state index in [2.05, 4.69) is 10.6 Å². The predicted octanol–water partition coefficient (Wildman–Crippen LogP) is 2.50. The maximum Gasteiger partial charge on any atom is 0.279 e. The fraction of sp³-hybridized carbons (Fsp3) is 0.333. The quantitative estimate of drug-likeness (QED) is 0.581. The monoisotopic (exact) mass is 422 g/mol. The lowest BCUT2D eigenvalue weighted by Gasteiger charge is -2.17. The van der Waals surface area contributed by atoms with Crippen molar-refractivity contribution in [3.8, 4) is 0 Å². The van der Waals surface area contributed by atoms with Crippen LogP contribution in [-0.4, -0.2) is 38.0 Å². The number of halogens is 2. The fourth-order valence-electron chi connectivity index (χ4n) is 2.79. The largest absolute Gasteiger partial charge is 0.351 e. The first-order chi connectivity index (χ1) is 13.4. The van der Waals surface area contributed by atoms with Crippen LogP contribution >= 0.6 is 23.2 Å². The lowest BCUT2D eigenvalue weighted by Crippen LogP contribution is -3.14. The first-order valence-electron chi connectivity index (χ1n) is 9.28. The summed E-state index contributed by atoms with van der Waals surface area (Å²) in [6.45, 7) is 5.52. The molecule has 2 aromatic carbocycles. The van der Waals surface area contributed by atoms with Gasteiger partial charge in [-0.15, -0.1) is 0 Å². The minimum absolute atomic E-state index is 0.0781. The molecule has 1 unspecified atom stereocenters. The summed E-state index contributed by atoms with van der Waals surface area (Å²) in [7, 11) is 0. The molecule has 0 saturated carbocycles. The lowest BCUT2D eigenvalue weighted by molar-refractivity contribution is -0.881. The number of carbonyl (C=O) groups excluding carboxylic acids is 2. The molecule has 0 aromatic heterocycles. The average Bonchev–Trinajstić information content (AvgIpc) is 2.64. The Hall–Kier alpha value is -2.08. The number of carbonyl (C=O) groups is 2. The lowest BCUT2D eigenvalue weighted by atomic mass is 10.1. The van der Waals surface area contributed by atoms with Crippen molar-refractivity contribution in [2.75, 3.05) is 31.5 Å². The number of hydrogen-bond acceptors (Lipinski definition) is 2. The molecule has 0 radical (unpaired) electrons. The Morgan fingerprint density at radius 1 is 1.00 bits per heavy atom. The van der Waals surface area contributed by atoms with Crippen LogP contribution in [0.2, 0.25) is 10.0 Å². The number of anilines is 1. The van der Waals surface area contributed by atoms with Gasteiger partial charge in [-0.3, -0.25) is 9.59 Å². The molecule has 0 bridgehead atoms. The first-order valence-corrected chi connectivity index (χ1v) is 10.0. The van der Waals surface area contributed by atoms with Crippen molar-refractivity contribution in [3.05, 3.63) is 63.6 Å². The van der Waals surface area contributed by atoms with E-state index in [0.717, 1.165) is 16.0 Å². The van der Waals surface area contributed by atoms with E-state index in [0.29, 0.717) is 35.2 Å². The number of benzene rings is 2. The van der Waals surface area contributed by atoms with Crippen LogP contribution in [0.5, 0.6) is 0 Å². The summed E-state index contributed by atoms with van der Waals surface area (Å²) in [5.41, 5.74) is 2.71. The molecule has 0 heterocycles. The number of aryl methyl sites for hydroxylation is 1. The van der Waals surface area contributed by atoms with Crippen LogP contribution in [0.3, 0.4) is 0 Å². The summed E-state index contributed by atoms with van der Waals surface area (Å²) in [5.74, 6) is -0.223. The SMILES string of the molecule is CC[NH+](CC(=O)NCCc1cccc(Cl)c1)CC(=O)Nc1cc(Cl)ccc1C. The van der Waals surface area contributed by atoms with E-state index in [1.165, 1.54) is 0 Å². The van der Waals surface area contributed by atoms with Gasteiger partial charge in [0.1, 0.15) is 0 Å². The summed E-state index contributed by atoms with van der Waals surface area (Å²) in [6.07, 6.45) is 0.711. The van der Waals surface area contributed by atoms with Gasteiger partial charge in [0.15, 0.2) is 13.1 Å². The molecule has 0 spiro atoms. The van der Waals surface area contributed by atoms with E-state index in [1.807, 2.05) is 44.2 Å². The second kappa shape index (κ2) is 11.1. The fourth-order valence-corrected chi connectivity index (χ4v) is 3.18. The molecule has 5 nitrogen and oxygen atoms in total. The summed E-state index contributed by atoms with van der Waals surface area (Å²) in [4.78, 5) is 25.4. The van der Waals surface area contributed by atoms with Gasteiger partial charge in [-0.05, 0) is 55.7 Å². The molecule has 2 aromatic rings. The smallest absolute Gasteiger partial charge is 0.279 e. The molecule has 1 atom stereocenters. The van der Waals surface area contributed by atoms with E-state index < -0.39 is 0 Å². The molecule has 0 fully saturated rings. The van der Waals surface area contributed by atoms with Gasteiger partial charge in [0.05, 0.1) is 6.54 Å². The van der Waals surface area contributed by atoms with Crippen molar-refractivity contribution in [1.82, 2.24) is 5.32 Å². The Morgan fingerprint density at radius 3 is 2.43 bits per heavy atom. The number of quaternary nitrogens is 1.